The van der Waals surface area contributed by atoms with Crippen LogP contribution in [-0.4, -0.2) is 29.1 Å². The summed E-state index contributed by atoms with van der Waals surface area (Å²) in [5.41, 5.74) is 3.79. The van der Waals surface area contributed by atoms with E-state index in [-0.39, 0.29) is 23.8 Å². The lowest BCUT2D eigenvalue weighted by atomic mass is 10.00. The standard InChI is InChI=1S/C25H22N4O2/c1-17-16-27-15-12-23(17)29-25(31)21-8-4-19(5-9-21)18-2-6-20(7-3-18)24(30)28-22-10-13-26-14-11-22/h2-17,23H,1H3,(H,29,31)(H,26,28,30). The molecule has 2 atom stereocenters. The summed E-state index contributed by atoms with van der Waals surface area (Å²) in [6.45, 7) is 2.02. The number of pyridine rings is 1. The van der Waals surface area contributed by atoms with E-state index in [9.17, 15) is 9.59 Å². The van der Waals surface area contributed by atoms with E-state index in [2.05, 4.69) is 20.6 Å². The maximum Gasteiger partial charge on any atom is 0.255 e. The van der Waals surface area contributed by atoms with Crippen LogP contribution < -0.4 is 10.6 Å². The fraction of sp³-hybridized carbons (Fsp3) is 0.120. The Labute approximate surface area is 180 Å². The summed E-state index contributed by atoms with van der Waals surface area (Å²) in [5, 5.41) is 5.86. The number of carbonyl (C=O) groups excluding carboxylic acids is 2. The van der Waals surface area contributed by atoms with E-state index in [1.54, 1.807) is 55.0 Å². The van der Waals surface area contributed by atoms with Gasteiger partial charge in [0.25, 0.3) is 11.8 Å². The quantitative estimate of drug-likeness (QED) is 0.657. The van der Waals surface area contributed by atoms with Gasteiger partial charge in [-0.3, -0.25) is 19.6 Å². The van der Waals surface area contributed by atoms with Crippen LogP contribution in [0, 0.1) is 5.92 Å². The lowest BCUT2D eigenvalue weighted by molar-refractivity contribution is 0.0939. The highest BCUT2D eigenvalue weighted by Crippen LogP contribution is 2.21. The number of rotatable bonds is 5. The van der Waals surface area contributed by atoms with E-state index < -0.39 is 0 Å². The zero-order valence-corrected chi connectivity index (χ0v) is 17.0. The van der Waals surface area contributed by atoms with Gasteiger partial charge in [0, 0.05) is 47.5 Å². The van der Waals surface area contributed by atoms with Gasteiger partial charge in [0.15, 0.2) is 0 Å². The second-order valence-electron chi connectivity index (χ2n) is 7.34. The molecule has 1 aliphatic heterocycles. The topological polar surface area (TPSA) is 83.5 Å². The molecule has 0 saturated carbocycles. The number of nitrogens with zero attached hydrogens (tertiary/aromatic N) is 2. The van der Waals surface area contributed by atoms with Gasteiger partial charge in [0.05, 0.1) is 6.04 Å². The molecule has 0 radical (unpaired) electrons. The summed E-state index contributed by atoms with van der Waals surface area (Å²) in [6, 6.07) is 18.2. The van der Waals surface area contributed by atoms with Crippen LogP contribution in [-0.2, 0) is 0 Å². The predicted octanol–water partition coefficient (Wildman–Crippen LogP) is 4.33. The van der Waals surface area contributed by atoms with E-state index >= 15 is 0 Å². The molecule has 6 nitrogen and oxygen atoms in total. The molecule has 0 spiro atoms. The Morgan fingerprint density at radius 3 is 1.97 bits per heavy atom. The van der Waals surface area contributed by atoms with E-state index in [4.69, 9.17) is 0 Å². The SMILES string of the molecule is CC1C=NC=CC1NC(=O)c1ccc(-c2ccc(C(=O)Nc3ccncc3)cc2)cc1. The zero-order valence-electron chi connectivity index (χ0n) is 17.0. The molecule has 0 saturated heterocycles. The van der Waals surface area contributed by atoms with Gasteiger partial charge in [-0.25, -0.2) is 0 Å². The first-order chi connectivity index (χ1) is 15.1. The first kappa shape index (κ1) is 20.2. The van der Waals surface area contributed by atoms with Crippen molar-refractivity contribution in [1.29, 1.82) is 0 Å². The third kappa shape index (κ3) is 4.93. The van der Waals surface area contributed by atoms with Crippen molar-refractivity contribution in [3.8, 4) is 11.1 Å². The van der Waals surface area contributed by atoms with Gasteiger partial charge in [-0.15, -0.1) is 0 Å². The van der Waals surface area contributed by atoms with Crippen LogP contribution in [0.5, 0.6) is 0 Å². The largest absolute Gasteiger partial charge is 0.345 e. The van der Waals surface area contributed by atoms with Crippen molar-refractivity contribution in [3.63, 3.8) is 0 Å². The van der Waals surface area contributed by atoms with Gasteiger partial charge >= 0.3 is 0 Å². The van der Waals surface area contributed by atoms with Crippen LogP contribution in [0.4, 0.5) is 5.69 Å². The average molecular weight is 410 g/mol. The Morgan fingerprint density at radius 1 is 0.806 bits per heavy atom. The normalized spacial score (nSPS) is 17.2. The highest BCUT2D eigenvalue weighted by atomic mass is 16.2. The van der Waals surface area contributed by atoms with Crippen LogP contribution in [0.3, 0.4) is 0 Å². The van der Waals surface area contributed by atoms with E-state index in [1.807, 2.05) is 43.5 Å². The van der Waals surface area contributed by atoms with Gasteiger partial charge in [0.1, 0.15) is 0 Å². The van der Waals surface area contributed by atoms with Crippen LogP contribution in [0.15, 0.2) is 90.3 Å². The van der Waals surface area contributed by atoms with E-state index in [1.165, 1.54) is 0 Å². The van der Waals surface area contributed by atoms with Gasteiger partial charge < -0.3 is 10.6 Å². The maximum atomic E-state index is 12.5. The number of aliphatic imine (C=N–C) groups is 1. The molecule has 1 aliphatic rings. The lowest BCUT2D eigenvalue weighted by Gasteiger charge is -2.21. The van der Waals surface area contributed by atoms with Crippen LogP contribution in [0.1, 0.15) is 27.6 Å². The van der Waals surface area contributed by atoms with Crippen molar-refractivity contribution in [2.75, 3.05) is 5.32 Å². The van der Waals surface area contributed by atoms with E-state index in [0.29, 0.717) is 16.8 Å². The zero-order chi connectivity index (χ0) is 21.6. The number of aromatic nitrogens is 1. The van der Waals surface area contributed by atoms with Crippen molar-refractivity contribution in [3.05, 3.63) is 96.5 Å². The van der Waals surface area contributed by atoms with Crippen LogP contribution in [0.2, 0.25) is 0 Å². The number of hydrogen-bond donors (Lipinski definition) is 2. The van der Waals surface area contributed by atoms with Crippen molar-refractivity contribution < 1.29 is 9.59 Å². The predicted molar refractivity (Wildman–Crippen MR) is 122 cm³/mol. The lowest BCUT2D eigenvalue weighted by Crippen LogP contribution is -2.39. The second kappa shape index (κ2) is 9.17. The Kier molecular flexibility index (Phi) is 5.98. The van der Waals surface area contributed by atoms with Gasteiger partial charge in [-0.1, -0.05) is 31.2 Å². The molecule has 4 rings (SSSR count). The number of nitrogens with one attached hydrogen (secondary N) is 2. The minimum absolute atomic E-state index is 0.0597. The average Bonchev–Trinajstić information content (AvgIpc) is 2.81. The molecule has 1 aromatic heterocycles. The Hall–Kier alpha value is -4.06. The fourth-order valence-corrected chi connectivity index (χ4v) is 3.28. The molecule has 154 valence electrons. The van der Waals surface area contributed by atoms with E-state index in [0.717, 1.165) is 11.1 Å². The molecular formula is C25H22N4O2. The summed E-state index contributed by atoms with van der Waals surface area (Å²) in [7, 11) is 0. The molecule has 0 fully saturated rings. The smallest absolute Gasteiger partial charge is 0.255 e. The third-order valence-corrected chi connectivity index (χ3v) is 5.13. The summed E-state index contributed by atoms with van der Waals surface area (Å²) in [4.78, 5) is 32.9. The minimum atomic E-state index is -0.180. The second-order valence-corrected chi connectivity index (χ2v) is 7.34. The van der Waals surface area contributed by atoms with Gasteiger partial charge in [-0.2, -0.15) is 0 Å². The van der Waals surface area contributed by atoms with Crippen molar-refractivity contribution in [2.45, 2.75) is 13.0 Å². The third-order valence-electron chi connectivity index (χ3n) is 5.13. The molecule has 0 aliphatic carbocycles. The first-order valence-electron chi connectivity index (χ1n) is 10.0. The summed E-state index contributed by atoms with van der Waals surface area (Å²) in [5.74, 6) is -0.144. The Bertz CT molecular complexity index is 1120. The number of hydrogen-bond acceptors (Lipinski definition) is 4. The summed E-state index contributed by atoms with van der Waals surface area (Å²) in [6.07, 6.45) is 8.68. The van der Waals surface area contributed by atoms with Crippen molar-refractivity contribution in [2.24, 2.45) is 10.9 Å². The van der Waals surface area contributed by atoms with Gasteiger partial charge in [-0.05, 0) is 53.6 Å². The fourth-order valence-electron chi connectivity index (χ4n) is 3.28. The molecule has 3 aromatic rings. The minimum Gasteiger partial charge on any atom is -0.345 e. The number of anilines is 1. The Morgan fingerprint density at radius 2 is 1.39 bits per heavy atom. The molecule has 31 heavy (non-hydrogen) atoms. The molecule has 0 bridgehead atoms. The number of carbonyl (C=O) groups is 2. The van der Waals surface area contributed by atoms with Crippen molar-refractivity contribution in [1.82, 2.24) is 10.3 Å². The van der Waals surface area contributed by atoms with Crippen LogP contribution in [0.25, 0.3) is 11.1 Å². The highest BCUT2D eigenvalue weighted by molar-refractivity contribution is 6.04. The first-order valence-corrected chi connectivity index (χ1v) is 10.0. The molecule has 6 heteroatoms. The number of amides is 2. The van der Waals surface area contributed by atoms with Crippen LogP contribution >= 0.6 is 0 Å². The highest BCUT2D eigenvalue weighted by Gasteiger charge is 2.18. The molecule has 2 aromatic carbocycles. The monoisotopic (exact) mass is 410 g/mol. The summed E-state index contributed by atoms with van der Waals surface area (Å²) >= 11 is 0. The number of benzene rings is 2. The molecule has 2 unspecified atom stereocenters. The maximum absolute atomic E-state index is 12.5. The van der Waals surface area contributed by atoms with Crippen molar-refractivity contribution >= 4 is 23.7 Å². The molecule has 2 amide bonds. The van der Waals surface area contributed by atoms with Gasteiger partial charge in [0.2, 0.25) is 0 Å². The molecule has 2 N–H and O–H groups in total. The molecular weight excluding hydrogens is 388 g/mol. The Balaban J connectivity index is 1.40. The molecule has 2 heterocycles. The summed E-state index contributed by atoms with van der Waals surface area (Å²) < 4.78 is 0.